The number of nitrogens with one attached hydrogen (secondary N) is 1. The van der Waals surface area contributed by atoms with Gasteiger partial charge in [0.25, 0.3) is 5.91 Å². The van der Waals surface area contributed by atoms with Crippen molar-refractivity contribution in [1.82, 2.24) is 0 Å². The van der Waals surface area contributed by atoms with Crippen LogP contribution in [0.1, 0.15) is 27.0 Å². The molecule has 0 aliphatic carbocycles. The number of carbonyl (C=O) groups excluding carboxylic acids is 2. The lowest BCUT2D eigenvalue weighted by Gasteiger charge is -2.13. The first-order valence-corrected chi connectivity index (χ1v) is 8.58. The molecular formula is C19H18N2O4S. The Morgan fingerprint density at radius 2 is 1.85 bits per heavy atom. The summed E-state index contributed by atoms with van der Waals surface area (Å²) in [6.07, 6.45) is 0. The number of anilines is 1. The number of hydrogen-bond acceptors (Lipinski definition) is 6. The lowest BCUT2D eigenvalue weighted by molar-refractivity contribution is -0.119. The Labute approximate surface area is 155 Å². The Balaban J connectivity index is 2.02. The second-order valence-electron chi connectivity index (χ2n) is 5.72. The van der Waals surface area contributed by atoms with Gasteiger partial charge in [0.15, 0.2) is 6.61 Å². The number of thioether (sulfide) groups is 1. The van der Waals surface area contributed by atoms with Gasteiger partial charge in [-0.1, -0.05) is 12.1 Å². The van der Waals surface area contributed by atoms with Crippen LogP contribution in [0.15, 0.2) is 35.2 Å². The third kappa shape index (κ3) is 4.55. The number of para-hydroxylation sites is 1. The highest BCUT2D eigenvalue weighted by molar-refractivity contribution is 8.03. The molecule has 1 amide bonds. The van der Waals surface area contributed by atoms with Gasteiger partial charge in [-0.25, -0.2) is 4.79 Å². The maximum absolute atomic E-state index is 12.1. The van der Waals surface area contributed by atoms with E-state index in [1.165, 1.54) is 6.07 Å². The molecule has 6 nitrogen and oxygen atoms in total. The molecule has 0 heterocycles. The minimum Gasteiger partial charge on any atom is -0.507 e. The van der Waals surface area contributed by atoms with E-state index in [1.807, 2.05) is 19.2 Å². The summed E-state index contributed by atoms with van der Waals surface area (Å²) in [4.78, 5) is 24.9. The molecule has 26 heavy (non-hydrogen) atoms. The largest absolute Gasteiger partial charge is 0.507 e. The third-order valence-electron chi connectivity index (χ3n) is 3.73. The number of phenolic OH excluding ortho intramolecular Hbond substituents is 1. The summed E-state index contributed by atoms with van der Waals surface area (Å²) in [5, 5.41) is 23.3. The van der Waals surface area contributed by atoms with Crippen molar-refractivity contribution in [1.29, 1.82) is 5.26 Å². The van der Waals surface area contributed by atoms with E-state index in [0.717, 1.165) is 27.8 Å². The number of esters is 1. The highest BCUT2D eigenvalue weighted by atomic mass is 32.2. The zero-order valence-corrected chi connectivity index (χ0v) is 15.4. The molecule has 0 spiro atoms. The Kier molecular flexibility index (Phi) is 6.26. The van der Waals surface area contributed by atoms with Crippen molar-refractivity contribution < 1.29 is 19.4 Å². The fourth-order valence-corrected chi connectivity index (χ4v) is 3.02. The molecule has 2 N–H and O–H groups in total. The summed E-state index contributed by atoms with van der Waals surface area (Å²) in [6, 6.07) is 8.32. The number of aromatic hydroxyl groups is 1. The summed E-state index contributed by atoms with van der Waals surface area (Å²) in [5.74, 6) is -1.41. The Morgan fingerprint density at radius 3 is 2.46 bits per heavy atom. The molecule has 0 aliphatic heterocycles. The van der Waals surface area contributed by atoms with E-state index < -0.39 is 18.5 Å². The van der Waals surface area contributed by atoms with E-state index in [9.17, 15) is 14.7 Å². The maximum Gasteiger partial charge on any atom is 0.342 e. The van der Waals surface area contributed by atoms with Gasteiger partial charge >= 0.3 is 5.97 Å². The van der Waals surface area contributed by atoms with Crippen LogP contribution < -0.4 is 5.32 Å². The van der Waals surface area contributed by atoms with Gasteiger partial charge in [0, 0.05) is 10.6 Å². The van der Waals surface area contributed by atoms with Gasteiger partial charge in [0.2, 0.25) is 0 Å². The predicted molar refractivity (Wildman–Crippen MR) is 99.1 cm³/mol. The number of thiocyanates is 1. The smallest absolute Gasteiger partial charge is 0.342 e. The van der Waals surface area contributed by atoms with Gasteiger partial charge in [-0.05, 0) is 67.4 Å². The summed E-state index contributed by atoms with van der Waals surface area (Å²) in [5.41, 5.74) is 2.79. The summed E-state index contributed by atoms with van der Waals surface area (Å²) >= 11 is 1.05. The topological polar surface area (TPSA) is 99.4 Å². The number of ether oxygens (including phenoxy) is 1. The summed E-state index contributed by atoms with van der Waals surface area (Å²) in [7, 11) is 0. The first-order valence-electron chi connectivity index (χ1n) is 7.76. The third-order valence-corrected chi connectivity index (χ3v) is 4.29. The highest BCUT2D eigenvalue weighted by Gasteiger charge is 2.16. The van der Waals surface area contributed by atoms with Gasteiger partial charge in [0.05, 0.1) is 0 Å². The first-order chi connectivity index (χ1) is 12.3. The zero-order chi connectivity index (χ0) is 19.3. The number of amides is 1. The summed E-state index contributed by atoms with van der Waals surface area (Å²) < 4.78 is 4.98. The monoisotopic (exact) mass is 370 g/mol. The molecule has 7 heteroatoms. The van der Waals surface area contributed by atoms with Crippen molar-refractivity contribution in [2.24, 2.45) is 0 Å². The molecule has 2 aromatic carbocycles. The molecule has 2 rings (SSSR count). The van der Waals surface area contributed by atoms with Crippen LogP contribution in [0.3, 0.4) is 0 Å². The van der Waals surface area contributed by atoms with Crippen LogP contribution in [0, 0.1) is 31.4 Å². The molecule has 134 valence electrons. The van der Waals surface area contributed by atoms with Crippen molar-refractivity contribution in [2.75, 3.05) is 11.9 Å². The Bertz CT molecular complexity index is 880. The average molecular weight is 370 g/mol. The van der Waals surface area contributed by atoms with Crippen molar-refractivity contribution in [3.63, 3.8) is 0 Å². The quantitative estimate of drug-likeness (QED) is 0.473. The van der Waals surface area contributed by atoms with Crippen LogP contribution in [-0.2, 0) is 9.53 Å². The van der Waals surface area contributed by atoms with Crippen LogP contribution in [0.4, 0.5) is 5.69 Å². The molecular weight excluding hydrogens is 352 g/mol. The molecule has 0 saturated carbocycles. The van der Waals surface area contributed by atoms with Gasteiger partial charge in [-0.3, -0.25) is 4.79 Å². The standard InChI is InChI=1S/C19H18N2O4S/c1-11-5-4-6-15(18(11)23)19(24)25-9-16(22)21-17-12(2)7-14(26-10-20)8-13(17)3/h4-8,23H,9H2,1-3H3,(H,21,22). The number of hydrogen-bond donors (Lipinski definition) is 2. The van der Waals surface area contributed by atoms with Crippen LogP contribution in [0.5, 0.6) is 5.75 Å². The van der Waals surface area contributed by atoms with Gasteiger partial charge in [-0.2, -0.15) is 5.26 Å². The minimum absolute atomic E-state index is 0.0167. The normalized spacial score (nSPS) is 10.1. The molecule has 0 aromatic heterocycles. The molecule has 0 unspecified atom stereocenters. The fraction of sp³-hybridized carbons (Fsp3) is 0.211. The minimum atomic E-state index is -0.768. The lowest BCUT2D eigenvalue weighted by Crippen LogP contribution is -2.22. The number of carbonyl (C=O) groups is 2. The second-order valence-corrected chi connectivity index (χ2v) is 6.58. The number of benzene rings is 2. The molecule has 0 bridgehead atoms. The number of rotatable bonds is 5. The van der Waals surface area contributed by atoms with Crippen LogP contribution in [0.2, 0.25) is 0 Å². The Morgan fingerprint density at radius 1 is 1.19 bits per heavy atom. The van der Waals surface area contributed by atoms with Crippen LogP contribution >= 0.6 is 11.8 Å². The van der Waals surface area contributed by atoms with Gasteiger partial charge in [0.1, 0.15) is 16.7 Å². The first kappa shape index (κ1) is 19.3. The molecule has 2 aromatic rings. The van der Waals surface area contributed by atoms with Crippen molar-refractivity contribution >= 4 is 29.3 Å². The molecule has 0 atom stereocenters. The van der Waals surface area contributed by atoms with E-state index in [1.54, 1.807) is 31.2 Å². The number of phenols is 1. The maximum atomic E-state index is 12.1. The van der Waals surface area contributed by atoms with Crippen molar-refractivity contribution in [3.8, 4) is 11.2 Å². The van der Waals surface area contributed by atoms with Crippen LogP contribution in [0.25, 0.3) is 0 Å². The number of aryl methyl sites for hydroxylation is 3. The van der Waals surface area contributed by atoms with Crippen molar-refractivity contribution in [3.05, 3.63) is 52.6 Å². The lowest BCUT2D eigenvalue weighted by atomic mass is 10.1. The highest BCUT2D eigenvalue weighted by Crippen LogP contribution is 2.27. The SMILES string of the molecule is Cc1cccc(C(=O)OCC(=O)Nc2c(C)cc(SC#N)cc2C)c1O. The molecule has 0 saturated heterocycles. The number of nitrogens with zero attached hydrogens (tertiary/aromatic N) is 1. The molecule has 0 aliphatic rings. The molecule has 0 fully saturated rings. The van der Waals surface area contributed by atoms with E-state index >= 15 is 0 Å². The summed E-state index contributed by atoms with van der Waals surface area (Å²) in [6.45, 7) is 4.83. The van der Waals surface area contributed by atoms with Gasteiger partial charge < -0.3 is 15.2 Å². The zero-order valence-electron chi connectivity index (χ0n) is 14.6. The van der Waals surface area contributed by atoms with E-state index in [4.69, 9.17) is 10.00 Å². The van der Waals surface area contributed by atoms with E-state index in [-0.39, 0.29) is 11.3 Å². The fourth-order valence-electron chi connectivity index (χ4n) is 2.44. The van der Waals surface area contributed by atoms with Crippen molar-refractivity contribution in [2.45, 2.75) is 25.7 Å². The van der Waals surface area contributed by atoms with Crippen LogP contribution in [-0.4, -0.2) is 23.6 Å². The van der Waals surface area contributed by atoms with E-state index in [0.29, 0.717) is 11.3 Å². The predicted octanol–water partition coefficient (Wildman–Crippen LogP) is 3.69. The number of nitriles is 1. The van der Waals surface area contributed by atoms with E-state index in [2.05, 4.69) is 5.32 Å². The Hall–Kier alpha value is -2.98. The van der Waals surface area contributed by atoms with Gasteiger partial charge in [-0.15, -0.1) is 0 Å². The second kappa shape index (κ2) is 8.41. The average Bonchev–Trinajstić information content (AvgIpc) is 2.59. The molecule has 0 radical (unpaired) electrons.